The highest BCUT2D eigenvalue weighted by molar-refractivity contribution is 7.89. The van der Waals surface area contributed by atoms with Gasteiger partial charge in [0.15, 0.2) is 0 Å². The molecule has 1 aliphatic carbocycles. The van der Waals surface area contributed by atoms with E-state index in [-0.39, 0.29) is 21.9 Å². The molecule has 8 heteroatoms. The molecule has 1 saturated carbocycles. The van der Waals surface area contributed by atoms with Crippen LogP contribution < -0.4 is 10.0 Å². The molecule has 1 unspecified atom stereocenters. The summed E-state index contributed by atoms with van der Waals surface area (Å²) >= 11 is 6.01. The second kappa shape index (κ2) is 5.78. The van der Waals surface area contributed by atoms with Gasteiger partial charge in [-0.05, 0) is 43.9 Å². The molecule has 122 valence electrons. The summed E-state index contributed by atoms with van der Waals surface area (Å²) < 4.78 is 28.0. The molecule has 0 bridgehead atoms. The Morgan fingerprint density at radius 2 is 2.13 bits per heavy atom. The number of amides is 1. The lowest BCUT2D eigenvalue weighted by atomic mass is 9.68. The van der Waals surface area contributed by atoms with E-state index in [1.807, 2.05) is 6.07 Å². The van der Waals surface area contributed by atoms with Gasteiger partial charge in [0.1, 0.15) is 4.90 Å². The Morgan fingerprint density at radius 3 is 2.70 bits per heavy atom. The lowest BCUT2D eigenvalue weighted by molar-refractivity contribution is -0.127. The van der Waals surface area contributed by atoms with E-state index < -0.39 is 15.6 Å². The maximum Gasteiger partial charge on any atom is 0.242 e. The largest absolute Gasteiger partial charge is 0.349 e. The average Bonchev–Trinajstić information content (AvgIpc) is 2.46. The van der Waals surface area contributed by atoms with E-state index in [0.29, 0.717) is 18.4 Å². The molecule has 0 radical (unpaired) electrons. The van der Waals surface area contributed by atoms with Crippen molar-refractivity contribution in [2.45, 2.75) is 48.6 Å². The van der Waals surface area contributed by atoms with Crippen LogP contribution >= 0.6 is 11.6 Å². The van der Waals surface area contributed by atoms with Crippen molar-refractivity contribution in [2.24, 2.45) is 0 Å². The van der Waals surface area contributed by atoms with Crippen molar-refractivity contribution in [3.8, 4) is 6.07 Å². The van der Waals surface area contributed by atoms with Gasteiger partial charge >= 0.3 is 0 Å². The van der Waals surface area contributed by atoms with Crippen LogP contribution in [0, 0.1) is 11.3 Å². The first-order valence-corrected chi connectivity index (χ1v) is 9.25. The third-order valence-electron chi connectivity index (χ3n) is 4.61. The van der Waals surface area contributed by atoms with Gasteiger partial charge in [-0.25, -0.2) is 13.1 Å². The number of benzene rings is 1. The molecule has 1 spiro atoms. The van der Waals surface area contributed by atoms with Crippen molar-refractivity contribution < 1.29 is 13.2 Å². The minimum absolute atomic E-state index is 0.0130. The first-order chi connectivity index (χ1) is 10.9. The number of nitrogens with one attached hydrogen (secondary N) is 2. The van der Waals surface area contributed by atoms with Crippen molar-refractivity contribution in [1.29, 1.82) is 5.26 Å². The minimum atomic E-state index is -3.82. The molecule has 1 aromatic carbocycles. The normalized spacial score (nSPS) is 23.0. The van der Waals surface area contributed by atoms with Gasteiger partial charge in [-0.15, -0.1) is 0 Å². The Kier molecular flexibility index (Phi) is 4.08. The van der Waals surface area contributed by atoms with Gasteiger partial charge in [0.05, 0.1) is 22.2 Å². The second-order valence-electron chi connectivity index (χ2n) is 6.03. The Bertz CT molecular complexity index is 797. The van der Waals surface area contributed by atoms with Crippen molar-refractivity contribution in [3.05, 3.63) is 28.8 Å². The fourth-order valence-corrected chi connectivity index (χ4v) is 5.11. The highest BCUT2D eigenvalue weighted by atomic mass is 35.5. The van der Waals surface area contributed by atoms with Crippen LogP contribution in [-0.4, -0.2) is 25.9 Å². The molecular weight excluding hydrogens is 338 g/mol. The number of halogens is 1. The summed E-state index contributed by atoms with van der Waals surface area (Å²) in [6.07, 6.45) is 3.28. The number of nitriles is 1. The van der Waals surface area contributed by atoms with Crippen LogP contribution in [-0.2, 0) is 14.8 Å². The summed E-state index contributed by atoms with van der Waals surface area (Å²) in [5, 5.41) is 11.8. The summed E-state index contributed by atoms with van der Waals surface area (Å²) in [5.74, 6) is -0.0310. The molecule has 1 atom stereocenters. The van der Waals surface area contributed by atoms with Crippen LogP contribution in [0.5, 0.6) is 0 Å². The summed E-state index contributed by atoms with van der Waals surface area (Å²) in [4.78, 5) is 11.6. The first-order valence-electron chi connectivity index (χ1n) is 7.39. The van der Waals surface area contributed by atoms with E-state index in [0.717, 1.165) is 19.3 Å². The number of rotatable bonds is 3. The summed E-state index contributed by atoms with van der Waals surface area (Å²) in [6, 6.07) is 5.66. The van der Waals surface area contributed by atoms with E-state index >= 15 is 0 Å². The molecule has 23 heavy (non-hydrogen) atoms. The van der Waals surface area contributed by atoms with Crippen LogP contribution in [0.15, 0.2) is 23.1 Å². The maximum absolute atomic E-state index is 12.6. The molecule has 1 saturated heterocycles. The SMILES string of the molecule is N#Cc1ccc(S(=O)(=O)NC2CCC(=O)NC23CCC3)c(Cl)c1. The van der Waals surface area contributed by atoms with E-state index in [2.05, 4.69) is 10.0 Å². The fraction of sp³-hybridized carbons (Fsp3) is 0.467. The topological polar surface area (TPSA) is 99.1 Å². The van der Waals surface area contributed by atoms with E-state index in [4.69, 9.17) is 16.9 Å². The van der Waals surface area contributed by atoms with E-state index in [9.17, 15) is 13.2 Å². The number of hydrogen-bond donors (Lipinski definition) is 2. The highest BCUT2D eigenvalue weighted by Crippen LogP contribution is 2.39. The molecule has 1 aromatic rings. The van der Waals surface area contributed by atoms with Gasteiger partial charge in [0.2, 0.25) is 15.9 Å². The van der Waals surface area contributed by atoms with Crippen LogP contribution in [0.3, 0.4) is 0 Å². The molecule has 6 nitrogen and oxygen atoms in total. The monoisotopic (exact) mass is 353 g/mol. The average molecular weight is 354 g/mol. The number of sulfonamides is 1. The predicted molar refractivity (Wildman–Crippen MR) is 84.2 cm³/mol. The van der Waals surface area contributed by atoms with Crippen molar-refractivity contribution >= 4 is 27.5 Å². The Labute approximate surface area is 139 Å². The Balaban J connectivity index is 1.86. The van der Waals surface area contributed by atoms with Crippen LogP contribution in [0.2, 0.25) is 5.02 Å². The molecule has 2 aliphatic rings. The summed E-state index contributed by atoms with van der Waals surface area (Å²) in [6.45, 7) is 0. The van der Waals surface area contributed by atoms with Crippen molar-refractivity contribution in [3.63, 3.8) is 0 Å². The molecule has 1 amide bonds. The molecule has 2 fully saturated rings. The standard InChI is InChI=1S/C15H16ClN3O3S/c16-11-8-10(9-17)2-3-12(11)23(21,22)19-13-4-5-14(20)18-15(13)6-1-7-15/h2-3,8,13,19H,1,4-7H2,(H,18,20). The number of piperidine rings is 1. The quantitative estimate of drug-likeness (QED) is 0.863. The number of carbonyl (C=O) groups excluding carboxylic acids is 1. The number of carbonyl (C=O) groups is 1. The second-order valence-corrected chi connectivity index (χ2v) is 8.12. The summed E-state index contributed by atoms with van der Waals surface area (Å²) in [5.41, 5.74) is -0.170. The van der Waals surface area contributed by atoms with E-state index in [1.165, 1.54) is 18.2 Å². The van der Waals surface area contributed by atoms with Gasteiger partial charge < -0.3 is 5.32 Å². The zero-order valence-corrected chi connectivity index (χ0v) is 13.9. The lowest BCUT2D eigenvalue weighted by Crippen LogP contribution is -2.68. The minimum Gasteiger partial charge on any atom is -0.349 e. The maximum atomic E-state index is 12.6. The van der Waals surface area contributed by atoms with Gasteiger partial charge in [-0.1, -0.05) is 11.6 Å². The van der Waals surface area contributed by atoms with Crippen molar-refractivity contribution in [1.82, 2.24) is 10.0 Å². The zero-order chi connectivity index (χ0) is 16.7. The highest BCUT2D eigenvalue weighted by Gasteiger charge is 2.49. The lowest BCUT2D eigenvalue weighted by Gasteiger charge is -2.50. The third-order valence-corrected chi connectivity index (χ3v) is 6.56. The molecule has 3 rings (SSSR count). The molecular formula is C15H16ClN3O3S. The molecule has 2 N–H and O–H groups in total. The molecule has 0 aromatic heterocycles. The number of nitrogens with zero attached hydrogens (tertiary/aromatic N) is 1. The smallest absolute Gasteiger partial charge is 0.242 e. The molecule has 1 heterocycles. The van der Waals surface area contributed by atoms with Crippen LogP contribution in [0.1, 0.15) is 37.7 Å². The van der Waals surface area contributed by atoms with Gasteiger partial charge in [0, 0.05) is 12.5 Å². The molecule has 1 aliphatic heterocycles. The first kappa shape index (κ1) is 16.2. The third kappa shape index (κ3) is 2.94. The predicted octanol–water partition coefficient (Wildman–Crippen LogP) is 1.69. The number of hydrogen-bond acceptors (Lipinski definition) is 4. The van der Waals surface area contributed by atoms with Gasteiger partial charge in [-0.3, -0.25) is 4.79 Å². The van der Waals surface area contributed by atoms with Gasteiger partial charge in [0.25, 0.3) is 0 Å². The van der Waals surface area contributed by atoms with E-state index in [1.54, 1.807) is 0 Å². The Hall–Kier alpha value is -1.62. The van der Waals surface area contributed by atoms with Crippen molar-refractivity contribution in [2.75, 3.05) is 0 Å². The van der Waals surface area contributed by atoms with Crippen LogP contribution in [0.4, 0.5) is 0 Å². The fourth-order valence-electron chi connectivity index (χ4n) is 3.22. The zero-order valence-electron chi connectivity index (χ0n) is 12.3. The summed E-state index contributed by atoms with van der Waals surface area (Å²) in [7, 11) is -3.82. The van der Waals surface area contributed by atoms with Gasteiger partial charge in [-0.2, -0.15) is 5.26 Å². The van der Waals surface area contributed by atoms with Crippen LogP contribution in [0.25, 0.3) is 0 Å². The Morgan fingerprint density at radius 1 is 1.39 bits per heavy atom.